The van der Waals surface area contributed by atoms with Crippen LogP contribution in [0.4, 0.5) is 0 Å². The van der Waals surface area contributed by atoms with Gasteiger partial charge in [-0.15, -0.1) is 0 Å². The molecule has 0 amide bonds. The summed E-state index contributed by atoms with van der Waals surface area (Å²) in [5.74, 6) is 0. The summed E-state index contributed by atoms with van der Waals surface area (Å²) < 4.78 is 14.8. The molecular formula is C20H44NO5P. The molecule has 6 nitrogen and oxygen atoms in total. The zero-order valence-corrected chi connectivity index (χ0v) is 18.3. The van der Waals surface area contributed by atoms with Crippen LogP contribution >= 0.6 is 7.82 Å². The van der Waals surface area contributed by atoms with Crippen molar-refractivity contribution in [2.24, 2.45) is 0 Å². The van der Waals surface area contributed by atoms with Gasteiger partial charge in [-0.3, -0.25) is 4.57 Å². The Kier molecular flexibility index (Phi) is 18.1. The Morgan fingerprint density at radius 1 is 0.852 bits per heavy atom. The Morgan fingerprint density at radius 2 is 1.22 bits per heavy atom. The second-order valence-corrected chi connectivity index (χ2v) is 9.03. The van der Waals surface area contributed by atoms with Crippen molar-refractivity contribution in [3.05, 3.63) is 0 Å². The Labute approximate surface area is 166 Å². The standard InChI is InChI=1S/C20H44NO5P/c1-2-3-4-5-6-7-8-9-10-11-12-13-14-15-16-17-20(22)19(21)18-26-27(23,24)25/h19-20,22H,2-18,21H2,1H3,(H2,23,24,25). The summed E-state index contributed by atoms with van der Waals surface area (Å²) in [5.41, 5.74) is 3.68. The molecule has 0 aromatic rings. The lowest BCUT2D eigenvalue weighted by atomic mass is 10.0. The number of unbranched alkanes of at least 4 members (excludes halogenated alkanes) is 14. The zero-order valence-electron chi connectivity index (χ0n) is 17.4. The first-order valence-electron chi connectivity index (χ1n) is 11.1. The number of aliphatic hydroxyl groups excluding tert-OH is 1. The van der Waals surface area contributed by atoms with Gasteiger partial charge in [0.25, 0.3) is 7.82 Å². The van der Waals surface area contributed by atoms with Crippen molar-refractivity contribution in [2.75, 3.05) is 6.61 Å². The van der Waals surface area contributed by atoms with Gasteiger partial charge in [-0.1, -0.05) is 103 Å². The van der Waals surface area contributed by atoms with Gasteiger partial charge in [0.15, 0.2) is 0 Å². The quantitative estimate of drug-likeness (QED) is 0.209. The summed E-state index contributed by atoms with van der Waals surface area (Å²) >= 11 is 0. The second-order valence-electron chi connectivity index (χ2n) is 7.83. The van der Waals surface area contributed by atoms with Gasteiger partial charge in [0.2, 0.25) is 0 Å². The summed E-state index contributed by atoms with van der Waals surface area (Å²) in [6.45, 7) is 1.98. The minimum atomic E-state index is -4.72. The predicted molar refractivity (Wildman–Crippen MR) is 108 cm³/mol. The van der Waals surface area contributed by atoms with Crippen molar-refractivity contribution in [1.82, 2.24) is 0 Å². The molecule has 0 heterocycles. The van der Waals surface area contributed by atoms with E-state index in [0.29, 0.717) is 6.42 Å². The first-order valence-corrected chi connectivity index (χ1v) is 12.6. The minimum absolute atomic E-state index is 0.281. The van der Waals surface area contributed by atoms with E-state index >= 15 is 0 Å². The van der Waals surface area contributed by atoms with Crippen LogP contribution in [0.5, 0.6) is 0 Å². The fourth-order valence-corrected chi connectivity index (χ4v) is 3.64. The molecule has 0 spiro atoms. The number of aliphatic hydroxyl groups is 1. The highest BCUT2D eigenvalue weighted by Gasteiger charge is 2.19. The van der Waals surface area contributed by atoms with Gasteiger partial charge < -0.3 is 25.2 Å². The molecular weight excluding hydrogens is 365 g/mol. The van der Waals surface area contributed by atoms with Crippen LogP contribution in [0.25, 0.3) is 0 Å². The molecule has 3 unspecified atom stereocenters. The summed E-state index contributed by atoms with van der Waals surface area (Å²) in [6, 6.07) is -0.550. The average molecular weight is 410 g/mol. The van der Waals surface area contributed by atoms with Gasteiger partial charge in [-0.25, -0.2) is 0 Å². The molecule has 0 saturated heterocycles. The largest absolute Gasteiger partial charge is 0.756 e. The van der Waals surface area contributed by atoms with E-state index in [2.05, 4.69) is 17.2 Å². The molecule has 164 valence electrons. The van der Waals surface area contributed by atoms with Crippen molar-refractivity contribution in [1.29, 1.82) is 0 Å². The fourth-order valence-electron chi connectivity index (χ4n) is 3.26. The van der Waals surface area contributed by atoms with Gasteiger partial charge in [-0.2, -0.15) is 0 Å². The van der Waals surface area contributed by atoms with E-state index in [0.717, 1.165) is 12.8 Å². The Bertz CT molecular complexity index is 364. The highest BCUT2D eigenvalue weighted by atomic mass is 31.2. The van der Waals surface area contributed by atoms with Crippen LogP contribution in [-0.2, 0) is 9.09 Å². The van der Waals surface area contributed by atoms with Crippen molar-refractivity contribution in [3.63, 3.8) is 0 Å². The molecule has 3 atom stereocenters. The van der Waals surface area contributed by atoms with Crippen LogP contribution in [-0.4, -0.2) is 28.8 Å². The molecule has 0 aliphatic carbocycles. The van der Waals surface area contributed by atoms with Gasteiger partial charge in [0.05, 0.1) is 0 Å². The molecule has 0 fully saturated rings. The lowest BCUT2D eigenvalue weighted by Gasteiger charge is -2.20. The fraction of sp³-hybridized carbons (Fsp3) is 1.00. The van der Waals surface area contributed by atoms with Crippen LogP contribution in [0.1, 0.15) is 110 Å². The molecule has 0 saturated carbocycles. The van der Waals surface area contributed by atoms with Crippen LogP contribution in [0.3, 0.4) is 0 Å². The van der Waals surface area contributed by atoms with Crippen molar-refractivity contribution >= 4 is 7.82 Å². The van der Waals surface area contributed by atoms with Crippen LogP contribution in [0.2, 0.25) is 0 Å². The summed E-state index contributed by atoms with van der Waals surface area (Å²) in [6.07, 6.45) is 19.3. The normalized spacial score (nSPS) is 16.2. The summed E-state index contributed by atoms with van der Waals surface area (Å²) in [7, 11) is -4.72. The van der Waals surface area contributed by atoms with E-state index in [4.69, 9.17) is 4.89 Å². The second kappa shape index (κ2) is 18.1. The monoisotopic (exact) mass is 409 g/mol. The highest BCUT2D eigenvalue weighted by Crippen LogP contribution is 2.30. The van der Waals surface area contributed by atoms with Gasteiger partial charge in [0.1, 0.15) is 18.8 Å². The van der Waals surface area contributed by atoms with E-state index in [1.165, 1.54) is 83.5 Å². The first-order chi connectivity index (χ1) is 12.9. The van der Waals surface area contributed by atoms with Gasteiger partial charge in [0, 0.05) is 0 Å². The molecule has 0 aromatic carbocycles. The topological polar surface area (TPSA) is 117 Å². The number of hydrogen-bond acceptors (Lipinski definition) is 4. The van der Waals surface area contributed by atoms with Crippen molar-refractivity contribution < 1.29 is 29.7 Å². The third-order valence-electron chi connectivity index (χ3n) is 5.10. The van der Waals surface area contributed by atoms with Crippen LogP contribution in [0.15, 0.2) is 0 Å². The number of quaternary nitrogens is 1. The molecule has 0 rings (SSSR count). The number of hydrogen-bond donors (Lipinski definition) is 3. The van der Waals surface area contributed by atoms with E-state index < -0.39 is 20.0 Å². The molecule has 0 aromatic heterocycles. The number of phosphoric acid groups is 1. The van der Waals surface area contributed by atoms with Crippen LogP contribution < -0.4 is 10.6 Å². The molecule has 0 aliphatic heterocycles. The molecule has 5 N–H and O–H groups in total. The van der Waals surface area contributed by atoms with E-state index in [1.54, 1.807) is 0 Å². The summed E-state index contributed by atoms with van der Waals surface area (Å²) in [4.78, 5) is 19.1. The maximum absolute atomic E-state index is 10.5. The van der Waals surface area contributed by atoms with E-state index in [1.807, 2.05) is 0 Å². The van der Waals surface area contributed by atoms with Crippen LogP contribution in [0, 0.1) is 0 Å². The Balaban J connectivity index is 3.29. The molecule has 27 heavy (non-hydrogen) atoms. The zero-order chi connectivity index (χ0) is 20.4. The van der Waals surface area contributed by atoms with Gasteiger partial charge in [-0.05, 0) is 6.42 Å². The minimum Gasteiger partial charge on any atom is -0.756 e. The van der Waals surface area contributed by atoms with Crippen molar-refractivity contribution in [2.45, 2.75) is 122 Å². The predicted octanol–water partition coefficient (Wildman–Crippen LogP) is 3.70. The number of rotatable bonds is 20. The maximum atomic E-state index is 10.5. The lowest BCUT2D eigenvalue weighted by molar-refractivity contribution is -0.443. The SMILES string of the molecule is CCCCCCCCCCCCCCCCCC(O)C([NH3+])COP(=O)([O-])O. The first kappa shape index (κ1) is 27.0. The van der Waals surface area contributed by atoms with E-state index in [9.17, 15) is 14.6 Å². The molecule has 0 radical (unpaired) electrons. The third kappa shape index (κ3) is 20.6. The van der Waals surface area contributed by atoms with E-state index in [-0.39, 0.29) is 6.61 Å². The Hall–Kier alpha value is 0.0300. The average Bonchev–Trinajstić information content (AvgIpc) is 2.62. The summed E-state index contributed by atoms with van der Waals surface area (Å²) in [5, 5.41) is 9.90. The molecule has 0 aliphatic rings. The van der Waals surface area contributed by atoms with Gasteiger partial charge >= 0.3 is 0 Å². The van der Waals surface area contributed by atoms with Crippen molar-refractivity contribution in [3.8, 4) is 0 Å². The Morgan fingerprint density at radius 3 is 1.59 bits per heavy atom. The lowest BCUT2D eigenvalue weighted by Crippen LogP contribution is -2.68. The number of phosphoric ester groups is 1. The smallest absolute Gasteiger partial charge is 0.265 e. The third-order valence-corrected chi connectivity index (χ3v) is 5.57. The molecule has 7 heteroatoms. The highest BCUT2D eigenvalue weighted by molar-refractivity contribution is 7.44. The maximum Gasteiger partial charge on any atom is 0.265 e. The molecule has 0 bridgehead atoms.